The molecule has 0 spiro atoms. The SMILES string of the molecule is CC(C)C.N#Cc1ccc(NN)cc1. The molecular weight excluding hydrogens is 174 g/mol. The summed E-state index contributed by atoms with van der Waals surface area (Å²) in [6, 6.07) is 8.91. The van der Waals surface area contributed by atoms with Crippen LogP contribution in [-0.2, 0) is 0 Å². The van der Waals surface area contributed by atoms with Crippen molar-refractivity contribution in [2.45, 2.75) is 20.8 Å². The molecule has 0 bridgehead atoms. The highest BCUT2D eigenvalue weighted by Crippen LogP contribution is 2.05. The summed E-state index contributed by atoms with van der Waals surface area (Å²) in [6.45, 7) is 6.50. The smallest absolute Gasteiger partial charge is 0.0991 e. The molecule has 1 aromatic rings. The Labute approximate surface area is 85.5 Å². The van der Waals surface area contributed by atoms with E-state index in [-0.39, 0.29) is 0 Å². The van der Waals surface area contributed by atoms with Crippen molar-refractivity contribution >= 4 is 5.69 Å². The van der Waals surface area contributed by atoms with Gasteiger partial charge in [0.25, 0.3) is 0 Å². The van der Waals surface area contributed by atoms with Crippen LogP contribution < -0.4 is 11.3 Å². The number of benzene rings is 1. The van der Waals surface area contributed by atoms with Crippen LogP contribution in [0.3, 0.4) is 0 Å². The lowest BCUT2D eigenvalue weighted by molar-refractivity contribution is 0.737. The Hall–Kier alpha value is -1.53. The molecule has 0 saturated carbocycles. The summed E-state index contributed by atoms with van der Waals surface area (Å²) >= 11 is 0. The van der Waals surface area contributed by atoms with E-state index in [1.165, 1.54) is 0 Å². The molecule has 0 radical (unpaired) electrons. The van der Waals surface area contributed by atoms with Crippen LogP contribution in [0.5, 0.6) is 0 Å². The van der Waals surface area contributed by atoms with Gasteiger partial charge >= 0.3 is 0 Å². The van der Waals surface area contributed by atoms with Crippen molar-refractivity contribution in [2.75, 3.05) is 5.43 Å². The lowest BCUT2D eigenvalue weighted by atomic mass is 10.2. The van der Waals surface area contributed by atoms with Gasteiger partial charge in [0.2, 0.25) is 0 Å². The topological polar surface area (TPSA) is 61.8 Å². The molecule has 14 heavy (non-hydrogen) atoms. The van der Waals surface area contributed by atoms with Crippen molar-refractivity contribution < 1.29 is 0 Å². The molecule has 1 rings (SSSR count). The monoisotopic (exact) mass is 191 g/mol. The zero-order valence-electron chi connectivity index (χ0n) is 8.91. The second-order valence-electron chi connectivity index (χ2n) is 3.57. The van der Waals surface area contributed by atoms with Gasteiger partial charge in [-0.15, -0.1) is 0 Å². The van der Waals surface area contributed by atoms with Crippen LogP contribution >= 0.6 is 0 Å². The molecule has 0 heterocycles. The fraction of sp³-hybridized carbons (Fsp3) is 0.364. The van der Waals surface area contributed by atoms with E-state index in [1.807, 2.05) is 6.07 Å². The Morgan fingerprint density at radius 2 is 1.64 bits per heavy atom. The van der Waals surface area contributed by atoms with Gasteiger partial charge < -0.3 is 5.43 Å². The number of hydrazine groups is 1. The average Bonchev–Trinajstić information content (AvgIpc) is 2.17. The standard InChI is InChI=1S/C7H7N3.C4H10/c8-5-6-1-3-7(10-9)4-2-6;1-4(2)3/h1-4,10H,9H2;4H,1-3H3. The molecule has 76 valence electrons. The molecular formula is C11H17N3. The quantitative estimate of drug-likeness (QED) is 0.529. The third-order valence-corrected chi connectivity index (χ3v) is 1.18. The number of rotatable bonds is 1. The molecule has 0 saturated heterocycles. The van der Waals surface area contributed by atoms with Gasteiger partial charge in [-0.2, -0.15) is 5.26 Å². The van der Waals surface area contributed by atoms with Gasteiger partial charge in [0, 0.05) is 5.69 Å². The highest BCUT2D eigenvalue weighted by Gasteiger charge is 1.88. The first-order chi connectivity index (χ1) is 6.60. The van der Waals surface area contributed by atoms with Gasteiger partial charge in [0.15, 0.2) is 0 Å². The van der Waals surface area contributed by atoms with Crippen LogP contribution in [0.1, 0.15) is 26.3 Å². The summed E-state index contributed by atoms with van der Waals surface area (Å²) < 4.78 is 0. The third kappa shape index (κ3) is 6.04. The van der Waals surface area contributed by atoms with E-state index < -0.39 is 0 Å². The molecule has 0 unspecified atom stereocenters. The summed E-state index contributed by atoms with van der Waals surface area (Å²) in [4.78, 5) is 0. The summed E-state index contributed by atoms with van der Waals surface area (Å²) in [6.07, 6.45) is 0. The first-order valence-corrected chi connectivity index (χ1v) is 4.57. The summed E-state index contributed by atoms with van der Waals surface area (Å²) in [5.74, 6) is 5.94. The Morgan fingerprint density at radius 3 is 1.93 bits per heavy atom. The molecule has 0 aliphatic carbocycles. The van der Waals surface area contributed by atoms with Crippen molar-refractivity contribution in [3.05, 3.63) is 29.8 Å². The summed E-state index contributed by atoms with van der Waals surface area (Å²) in [5, 5.41) is 8.40. The number of nitrogen functional groups attached to an aromatic ring is 1. The van der Waals surface area contributed by atoms with E-state index in [4.69, 9.17) is 11.1 Å². The Balaban J connectivity index is 0.000000364. The average molecular weight is 191 g/mol. The predicted octanol–water partition coefficient (Wildman–Crippen LogP) is 2.51. The summed E-state index contributed by atoms with van der Waals surface area (Å²) in [7, 11) is 0. The summed E-state index contributed by atoms with van der Waals surface area (Å²) in [5.41, 5.74) is 3.91. The zero-order valence-corrected chi connectivity index (χ0v) is 8.91. The highest BCUT2D eigenvalue weighted by molar-refractivity contribution is 5.45. The lowest BCUT2D eigenvalue weighted by Gasteiger charge is -1.96. The number of nitrogens with one attached hydrogen (secondary N) is 1. The van der Waals surface area contributed by atoms with E-state index in [1.54, 1.807) is 24.3 Å². The Morgan fingerprint density at radius 1 is 1.21 bits per heavy atom. The number of nitrogens with zero attached hydrogens (tertiary/aromatic N) is 1. The number of nitriles is 1. The Kier molecular flexibility index (Phi) is 6.17. The maximum absolute atomic E-state index is 8.40. The molecule has 3 heteroatoms. The number of nitrogens with two attached hydrogens (primary N) is 1. The van der Waals surface area contributed by atoms with Gasteiger partial charge in [-0.3, -0.25) is 5.84 Å². The van der Waals surface area contributed by atoms with Crippen LogP contribution in [-0.4, -0.2) is 0 Å². The fourth-order valence-corrected chi connectivity index (χ4v) is 0.641. The molecule has 3 nitrogen and oxygen atoms in total. The van der Waals surface area contributed by atoms with Crippen LogP contribution in [0.4, 0.5) is 5.69 Å². The molecule has 0 fully saturated rings. The van der Waals surface area contributed by atoms with Crippen molar-refractivity contribution in [3.63, 3.8) is 0 Å². The normalized spacial score (nSPS) is 8.57. The van der Waals surface area contributed by atoms with Crippen LogP contribution in [0.25, 0.3) is 0 Å². The van der Waals surface area contributed by atoms with E-state index in [0.717, 1.165) is 11.6 Å². The molecule has 0 aromatic heterocycles. The molecule has 0 amide bonds. The van der Waals surface area contributed by atoms with Crippen molar-refractivity contribution in [1.82, 2.24) is 0 Å². The maximum atomic E-state index is 8.40. The molecule has 0 aliphatic rings. The molecule has 1 aromatic carbocycles. The van der Waals surface area contributed by atoms with Crippen molar-refractivity contribution in [3.8, 4) is 6.07 Å². The fourth-order valence-electron chi connectivity index (χ4n) is 0.641. The minimum atomic E-state index is 0.638. The van der Waals surface area contributed by atoms with Crippen LogP contribution in [0, 0.1) is 17.2 Å². The van der Waals surface area contributed by atoms with E-state index in [9.17, 15) is 0 Å². The second-order valence-corrected chi connectivity index (χ2v) is 3.57. The highest BCUT2D eigenvalue weighted by atomic mass is 15.2. The minimum absolute atomic E-state index is 0.638. The van der Waals surface area contributed by atoms with E-state index in [0.29, 0.717) is 5.56 Å². The number of hydrogen-bond donors (Lipinski definition) is 2. The number of anilines is 1. The third-order valence-electron chi connectivity index (χ3n) is 1.18. The van der Waals surface area contributed by atoms with Gasteiger partial charge in [-0.1, -0.05) is 20.8 Å². The maximum Gasteiger partial charge on any atom is 0.0991 e. The van der Waals surface area contributed by atoms with E-state index >= 15 is 0 Å². The van der Waals surface area contributed by atoms with Crippen molar-refractivity contribution in [1.29, 1.82) is 5.26 Å². The minimum Gasteiger partial charge on any atom is -0.324 e. The van der Waals surface area contributed by atoms with Gasteiger partial charge in [0.1, 0.15) is 0 Å². The zero-order chi connectivity index (χ0) is 11.0. The van der Waals surface area contributed by atoms with E-state index in [2.05, 4.69) is 26.2 Å². The van der Waals surface area contributed by atoms with Crippen molar-refractivity contribution in [2.24, 2.45) is 11.8 Å². The molecule has 3 N–H and O–H groups in total. The largest absolute Gasteiger partial charge is 0.324 e. The Bertz CT molecular complexity index is 280. The molecule has 0 aliphatic heterocycles. The first-order valence-electron chi connectivity index (χ1n) is 4.57. The molecule has 0 atom stereocenters. The van der Waals surface area contributed by atoms with Gasteiger partial charge in [-0.25, -0.2) is 0 Å². The first kappa shape index (κ1) is 12.5. The van der Waals surface area contributed by atoms with Gasteiger partial charge in [-0.05, 0) is 30.2 Å². The van der Waals surface area contributed by atoms with Crippen LogP contribution in [0.15, 0.2) is 24.3 Å². The predicted molar refractivity (Wildman–Crippen MR) is 59.5 cm³/mol. The van der Waals surface area contributed by atoms with Crippen LogP contribution in [0.2, 0.25) is 0 Å². The van der Waals surface area contributed by atoms with Gasteiger partial charge in [0.05, 0.1) is 11.6 Å². The number of hydrogen-bond acceptors (Lipinski definition) is 3. The second kappa shape index (κ2) is 6.93. The lowest BCUT2D eigenvalue weighted by Crippen LogP contribution is -2.05.